The molecule has 3 heterocycles. The largest absolute Gasteiger partial charge is 0.366 e. The van der Waals surface area contributed by atoms with Gasteiger partial charge in [0, 0.05) is 38.8 Å². The van der Waals surface area contributed by atoms with Crippen molar-refractivity contribution in [1.29, 1.82) is 5.26 Å². The van der Waals surface area contributed by atoms with Crippen LogP contribution in [0.2, 0.25) is 0 Å². The third-order valence-electron chi connectivity index (χ3n) is 7.51. The number of carbonyl (C=O) groups excluding carboxylic acids is 1. The zero-order valence-corrected chi connectivity index (χ0v) is 24.1. The molecule has 1 aromatic heterocycles. The first-order valence-electron chi connectivity index (χ1n) is 12.9. The lowest BCUT2D eigenvalue weighted by Gasteiger charge is -2.38. The molecule has 2 fully saturated rings. The summed E-state index contributed by atoms with van der Waals surface area (Å²) in [6.45, 7) is 5.82. The summed E-state index contributed by atoms with van der Waals surface area (Å²) in [6.07, 6.45) is 1.76. The van der Waals surface area contributed by atoms with Gasteiger partial charge < -0.3 is 9.80 Å². The molecular weight excluding hydrogens is 545 g/mol. The summed E-state index contributed by atoms with van der Waals surface area (Å²) >= 11 is 6.83. The number of anilines is 2. The Hall–Kier alpha value is -3.94. The Bertz CT molecular complexity index is 1620. The van der Waals surface area contributed by atoms with Crippen molar-refractivity contribution in [3.63, 3.8) is 0 Å². The Morgan fingerprint density at radius 2 is 1.65 bits per heavy atom. The van der Waals surface area contributed by atoms with Crippen molar-refractivity contribution in [2.45, 2.75) is 19.9 Å². The van der Waals surface area contributed by atoms with Crippen LogP contribution in [0.4, 0.5) is 15.9 Å². The Labute approximate surface area is 242 Å². The molecule has 0 saturated carbocycles. The van der Waals surface area contributed by atoms with Crippen LogP contribution in [0, 0.1) is 24.1 Å². The number of carbonyl (C=O) groups is 1. The molecule has 5 rings (SSSR count). The van der Waals surface area contributed by atoms with Crippen LogP contribution < -0.4 is 15.4 Å². The van der Waals surface area contributed by atoms with Crippen LogP contribution in [0.1, 0.15) is 35.2 Å². The van der Waals surface area contributed by atoms with Gasteiger partial charge in [0.05, 0.1) is 16.6 Å². The van der Waals surface area contributed by atoms with Gasteiger partial charge >= 0.3 is 0 Å². The number of benzene rings is 2. The number of nitrogens with zero attached hydrogens (tertiary/aromatic N) is 5. The van der Waals surface area contributed by atoms with Gasteiger partial charge in [-0.3, -0.25) is 19.1 Å². The Balaban J connectivity index is 1.52. The number of pyridine rings is 1. The third kappa shape index (κ3) is 4.91. The maximum Gasteiger partial charge on any atom is 0.270 e. The number of hydrogen-bond acceptors (Lipinski definition) is 7. The number of rotatable bonds is 5. The predicted octanol–water partition coefficient (Wildman–Crippen LogP) is 4.99. The van der Waals surface area contributed by atoms with Gasteiger partial charge in [0.15, 0.2) is 0 Å². The van der Waals surface area contributed by atoms with Crippen LogP contribution in [0.25, 0.3) is 6.08 Å². The Morgan fingerprint density at radius 1 is 1.02 bits per heavy atom. The molecule has 0 N–H and O–H groups in total. The number of thioether (sulfide) groups is 1. The molecule has 204 valence electrons. The fourth-order valence-corrected chi connectivity index (χ4v) is 6.69. The molecule has 0 radical (unpaired) electrons. The minimum Gasteiger partial charge on any atom is -0.366 e. The molecule has 7 nitrogen and oxygen atoms in total. The number of halogens is 1. The van der Waals surface area contributed by atoms with E-state index in [9.17, 15) is 19.2 Å². The summed E-state index contributed by atoms with van der Waals surface area (Å²) in [6, 6.07) is 18.2. The fourth-order valence-electron chi connectivity index (χ4n) is 5.29. The normalized spacial score (nSPS) is 17.5. The SMILES string of the molecule is Cc1c(/C=C2\SC(=S)N(C(C)c3ccccc3)C2=O)c(N2CCN(c3ccccc3F)CC2)n(C)c(=O)c1C#N. The summed E-state index contributed by atoms with van der Waals surface area (Å²) < 4.78 is 16.3. The fraction of sp³-hybridized carbons (Fsp3) is 0.267. The number of para-hydroxylation sites is 1. The van der Waals surface area contributed by atoms with Gasteiger partial charge in [0.2, 0.25) is 0 Å². The molecule has 10 heteroatoms. The number of thiocarbonyl (C=S) groups is 1. The summed E-state index contributed by atoms with van der Waals surface area (Å²) in [5.74, 6) is 0.134. The van der Waals surface area contributed by atoms with Crippen molar-refractivity contribution in [2.75, 3.05) is 36.0 Å². The molecule has 0 aliphatic carbocycles. The predicted molar refractivity (Wildman–Crippen MR) is 162 cm³/mol. The third-order valence-corrected chi connectivity index (χ3v) is 8.84. The molecule has 2 aromatic carbocycles. The van der Waals surface area contributed by atoms with E-state index in [1.807, 2.05) is 54.3 Å². The minimum atomic E-state index is -0.395. The van der Waals surface area contributed by atoms with Crippen LogP contribution in [0.3, 0.4) is 0 Å². The highest BCUT2D eigenvalue weighted by Crippen LogP contribution is 2.39. The van der Waals surface area contributed by atoms with Crippen molar-refractivity contribution in [3.8, 4) is 6.07 Å². The van der Waals surface area contributed by atoms with Crippen molar-refractivity contribution < 1.29 is 9.18 Å². The van der Waals surface area contributed by atoms with E-state index in [4.69, 9.17) is 12.2 Å². The van der Waals surface area contributed by atoms with E-state index >= 15 is 0 Å². The second-order valence-electron chi connectivity index (χ2n) is 9.78. The van der Waals surface area contributed by atoms with E-state index in [1.54, 1.807) is 37.1 Å². The van der Waals surface area contributed by atoms with Gasteiger partial charge in [-0.1, -0.05) is 66.4 Å². The first-order valence-corrected chi connectivity index (χ1v) is 14.2. The van der Waals surface area contributed by atoms with Crippen molar-refractivity contribution in [3.05, 3.63) is 97.9 Å². The van der Waals surface area contributed by atoms with Crippen LogP contribution >= 0.6 is 24.0 Å². The number of piperazine rings is 1. The van der Waals surface area contributed by atoms with Crippen LogP contribution in [0.15, 0.2) is 64.3 Å². The summed E-state index contributed by atoms with van der Waals surface area (Å²) in [4.78, 5) is 32.9. The van der Waals surface area contributed by atoms with Crippen LogP contribution in [-0.4, -0.2) is 45.9 Å². The molecule has 0 spiro atoms. The number of aromatic nitrogens is 1. The highest BCUT2D eigenvalue weighted by atomic mass is 32.2. The second-order valence-corrected chi connectivity index (χ2v) is 11.5. The summed E-state index contributed by atoms with van der Waals surface area (Å²) in [5.41, 5.74) is 2.30. The van der Waals surface area contributed by atoms with E-state index in [0.29, 0.717) is 58.0 Å². The van der Waals surface area contributed by atoms with E-state index in [1.165, 1.54) is 22.4 Å². The van der Waals surface area contributed by atoms with Crippen molar-refractivity contribution >= 4 is 51.8 Å². The highest BCUT2D eigenvalue weighted by Gasteiger charge is 2.37. The molecule has 2 saturated heterocycles. The van der Waals surface area contributed by atoms with Gasteiger partial charge in [-0.2, -0.15) is 5.26 Å². The topological polar surface area (TPSA) is 72.6 Å². The highest BCUT2D eigenvalue weighted by molar-refractivity contribution is 8.26. The summed E-state index contributed by atoms with van der Waals surface area (Å²) in [5, 5.41) is 9.79. The molecule has 2 aliphatic rings. The number of hydrogen-bond donors (Lipinski definition) is 0. The Morgan fingerprint density at radius 3 is 2.30 bits per heavy atom. The van der Waals surface area contributed by atoms with E-state index in [-0.39, 0.29) is 23.3 Å². The lowest BCUT2D eigenvalue weighted by molar-refractivity contribution is -0.123. The molecule has 2 aliphatic heterocycles. The number of nitriles is 1. The maximum absolute atomic E-state index is 14.4. The average molecular weight is 574 g/mol. The lowest BCUT2D eigenvalue weighted by atomic mass is 10.0. The molecule has 1 unspecified atom stereocenters. The lowest BCUT2D eigenvalue weighted by Crippen LogP contribution is -2.48. The quantitative estimate of drug-likeness (QED) is 0.315. The van der Waals surface area contributed by atoms with Gasteiger partial charge in [-0.25, -0.2) is 4.39 Å². The molecule has 1 atom stereocenters. The molecular formula is C30H28FN5O2S2. The van der Waals surface area contributed by atoms with Crippen molar-refractivity contribution in [1.82, 2.24) is 9.47 Å². The van der Waals surface area contributed by atoms with E-state index in [0.717, 1.165) is 5.56 Å². The number of amides is 1. The van der Waals surface area contributed by atoms with Gasteiger partial charge in [-0.15, -0.1) is 0 Å². The Kier molecular flexibility index (Phi) is 7.79. The molecule has 0 bridgehead atoms. The van der Waals surface area contributed by atoms with Crippen LogP contribution in [-0.2, 0) is 11.8 Å². The average Bonchev–Trinajstić information content (AvgIpc) is 3.24. The monoisotopic (exact) mass is 573 g/mol. The van der Waals surface area contributed by atoms with E-state index in [2.05, 4.69) is 4.90 Å². The smallest absolute Gasteiger partial charge is 0.270 e. The van der Waals surface area contributed by atoms with Gasteiger partial charge in [0.25, 0.3) is 11.5 Å². The van der Waals surface area contributed by atoms with Gasteiger partial charge in [0.1, 0.15) is 27.6 Å². The molecule has 40 heavy (non-hydrogen) atoms. The minimum absolute atomic E-state index is 0.0376. The second kappa shape index (κ2) is 11.3. The van der Waals surface area contributed by atoms with Crippen LogP contribution in [0.5, 0.6) is 0 Å². The standard InChI is InChI=1S/C30H28FN5O2S2/c1-19-22(17-26-29(38)36(30(39)40-26)20(2)21-9-5-4-6-10-21)27(33(3)28(37)23(19)18-32)35-15-13-34(14-16-35)25-12-8-7-11-24(25)31/h4-12,17,20H,13-16H2,1-3H3/b26-17-. The molecule has 1 amide bonds. The van der Waals surface area contributed by atoms with E-state index < -0.39 is 5.56 Å². The van der Waals surface area contributed by atoms with Crippen molar-refractivity contribution in [2.24, 2.45) is 7.05 Å². The zero-order valence-electron chi connectivity index (χ0n) is 22.4. The first-order chi connectivity index (χ1) is 19.2. The molecule has 3 aromatic rings. The summed E-state index contributed by atoms with van der Waals surface area (Å²) in [7, 11) is 1.64. The zero-order chi connectivity index (χ0) is 28.6. The van der Waals surface area contributed by atoms with Gasteiger partial charge in [-0.05, 0) is 43.2 Å². The maximum atomic E-state index is 14.4. The first kappa shape index (κ1) is 27.6.